The molecule has 1 fully saturated rings. The minimum Gasteiger partial charge on any atom is -0.444 e. The van der Waals surface area contributed by atoms with E-state index in [-0.39, 0.29) is 12.1 Å². The first-order valence-corrected chi connectivity index (χ1v) is 9.06. The van der Waals surface area contributed by atoms with E-state index in [0.29, 0.717) is 0 Å². The number of likely N-dealkylation sites (tertiary alicyclic amines) is 1. The van der Waals surface area contributed by atoms with Gasteiger partial charge in [0.15, 0.2) is 8.69 Å². The van der Waals surface area contributed by atoms with Crippen LogP contribution in [-0.4, -0.2) is 41.5 Å². The average Bonchev–Trinajstić information content (AvgIpc) is 2.44. The molecule has 0 bridgehead atoms. The summed E-state index contributed by atoms with van der Waals surface area (Å²) in [7, 11) is -1.22. The van der Waals surface area contributed by atoms with E-state index >= 15 is 0 Å². The quantitative estimate of drug-likeness (QED) is 0.756. The Hall–Kier alpha value is -0.580. The lowest BCUT2D eigenvalue weighted by atomic mass is 9.98. The van der Waals surface area contributed by atoms with Crippen LogP contribution < -0.4 is 5.32 Å². The van der Waals surface area contributed by atoms with Gasteiger partial charge in [0.2, 0.25) is 0 Å². The molecule has 6 nitrogen and oxygen atoms in total. The Morgan fingerprint density at radius 3 is 2.18 bits per heavy atom. The van der Waals surface area contributed by atoms with Crippen molar-refractivity contribution in [1.29, 1.82) is 0 Å². The van der Waals surface area contributed by atoms with Gasteiger partial charge in [-0.2, -0.15) is 0 Å². The number of carbonyl (C=O) groups excluding carboxylic acids is 1. The number of nitrogens with one attached hydrogen (secondary N) is 1. The Balaban J connectivity index is 2.52. The van der Waals surface area contributed by atoms with Gasteiger partial charge in [-0.1, -0.05) is 13.8 Å². The fourth-order valence-corrected chi connectivity index (χ4v) is 3.60. The maximum Gasteiger partial charge on any atom is 0.407 e. The van der Waals surface area contributed by atoms with Gasteiger partial charge in [-0.3, -0.25) is 9.46 Å². The predicted molar refractivity (Wildman–Crippen MR) is 88.8 cm³/mol. The lowest BCUT2D eigenvalue weighted by Crippen LogP contribution is -2.55. The zero-order valence-corrected chi connectivity index (χ0v) is 15.6. The molecule has 1 amide bonds. The second-order valence-electron chi connectivity index (χ2n) is 6.77. The molecule has 0 aromatic carbocycles. The fraction of sp³-hybridized carbons (Fsp3) is 0.933. The number of ether oxygens (including phenoxy) is 1. The minimum absolute atomic E-state index is 0.122. The number of carbonyl (C=O) groups is 1. The smallest absolute Gasteiger partial charge is 0.407 e. The molecule has 0 spiro atoms. The van der Waals surface area contributed by atoms with E-state index in [0.717, 1.165) is 38.8 Å². The highest BCUT2D eigenvalue weighted by molar-refractivity contribution is 7.17. The molecular weight excluding hydrogens is 303 g/mol. The van der Waals surface area contributed by atoms with Crippen LogP contribution in [0, 0.1) is 0 Å². The number of hydrogen-bond acceptors (Lipinski definition) is 5. The molecule has 0 aromatic rings. The van der Waals surface area contributed by atoms with E-state index < -0.39 is 20.0 Å². The largest absolute Gasteiger partial charge is 0.444 e. The van der Waals surface area contributed by atoms with Crippen molar-refractivity contribution in [3.05, 3.63) is 0 Å². The van der Waals surface area contributed by atoms with Crippen LogP contribution in [0.15, 0.2) is 0 Å². The van der Waals surface area contributed by atoms with E-state index in [9.17, 15) is 9.36 Å². The van der Waals surface area contributed by atoms with Gasteiger partial charge in [-0.15, -0.1) is 0 Å². The topological polar surface area (TPSA) is 67.9 Å². The third-order valence-corrected chi connectivity index (χ3v) is 4.70. The highest BCUT2D eigenvalue weighted by Crippen LogP contribution is 2.32. The predicted octanol–water partition coefficient (Wildman–Crippen LogP) is 3.18. The molecule has 22 heavy (non-hydrogen) atoms. The van der Waals surface area contributed by atoms with Crippen LogP contribution in [-0.2, 0) is 13.8 Å². The molecule has 0 saturated carbocycles. The molecule has 0 radical (unpaired) electrons. The van der Waals surface area contributed by atoms with Crippen molar-refractivity contribution in [1.82, 2.24) is 10.2 Å². The molecule has 1 saturated heterocycles. The molecule has 130 valence electrons. The number of amides is 1. The third kappa shape index (κ3) is 5.56. The summed E-state index contributed by atoms with van der Waals surface area (Å²) in [5.74, 6) is 0. The lowest BCUT2D eigenvalue weighted by Gasteiger charge is -2.45. The van der Waals surface area contributed by atoms with Crippen LogP contribution in [0.2, 0.25) is 0 Å². The van der Waals surface area contributed by atoms with Gasteiger partial charge in [0.05, 0.1) is 0 Å². The second kappa shape index (κ2) is 8.32. The standard InChI is InChI=1S/C15H31N2O4P/c1-6-15(7-2,21-22-19)17-10-8-12(9-11-17)16-13(18)20-14(3,4)5/h12H,6-11,22H2,1-5H3,(H,16,18). The number of hydrogen-bond donors (Lipinski definition) is 1. The molecule has 0 aliphatic carbocycles. The van der Waals surface area contributed by atoms with Gasteiger partial charge in [-0.25, -0.2) is 4.79 Å². The zero-order chi connectivity index (χ0) is 16.8. The molecular formula is C15H31N2O4P. The Kier molecular flexibility index (Phi) is 7.36. The van der Waals surface area contributed by atoms with Crippen molar-refractivity contribution in [3.63, 3.8) is 0 Å². The van der Waals surface area contributed by atoms with Gasteiger partial charge in [0.1, 0.15) is 11.3 Å². The number of alkyl carbamates (subject to hydrolysis) is 1. The normalized spacial score (nSPS) is 18.8. The summed E-state index contributed by atoms with van der Waals surface area (Å²) in [5.41, 5.74) is -0.900. The zero-order valence-electron chi connectivity index (χ0n) is 14.5. The number of piperidine rings is 1. The maximum atomic E-state index is 11.8. The monoisotopic (exact) mass is 334 g/mol. The Bertz CT molecular complexity index is 372. The number of nitrogens with zero attached hydrogens (tertiary/aromatic N) is 1. The highest BCUT2D eigenvalue weighted by Gasteiger charge is 2.37. The van der Waals surface area contributed by atoms with Crippen molar-refractivity contribution in [2.75, 3.05) is 13.1 Å². The summed E-state index contributed by atoms with van der Waals surface area (Å²) in [6, 6.07) is 0.122. The summed E-state index contributed by atoms with van der Waals surface area (Å²) >= 11 is 0. The number of rotatable bonds is 6. The van der Waals surface area contributed by atoms with Gasteiger partial charge in [-0.05, 0) is 46.5 Å². The van der Waals surface area contributed by atoms with Crippen molar-refractivity contribution in [2.24, 2.45) is 0 Å². The van der Waals surface area contributed by atoms with Crippen molar-refractivity contribution in [3.8, 4) is 0 Å². The van der Waals surface area contributed by atoms with Crippen LogP contribution in [0.3, 0.4) is 0 Å². The second-order valence-corrected chi connectivity index (χ2v) is 7.20. The van der Waals surface area contributed by atoms with E-state index in [2.05, 4.69) is 24.1 Å². The van der Waals surface area contributed by atoms with Crippen LogP contribution in [0.1, 0.15) is 60.3 Å². The fourth-order valence-electron chi connectivity index (χ4n) is 2.93. The molecule has 0 aromatic heterocycles. The molecule has 1 aliphatic rings. The van der Waals surface area contributed by atoms with Crippen LogP contribution in [0.4, 0.5) is 4.79 Å². The summed E-state index contributed by atoms with van der Waals surface area (Å²) in [6.07, 6.45) is 2.95. The molecule has 1 N–H and O–H groups in total. The first-order chi connectivity index (χ1) is 10.3. The first-order valence-electron chi connectivity index (χ1n) is 8.12. The molecule has 7 heteroatoms. The third-order valence-electron chi connectivity index (χ3n) is 4.16. The van der Waals surface area contributed by atoms with E-state index in [1.807, 2.05) is 20.8 Å². The molecule has 1 heterocycles. The first kappa shape index (κ1) is 19.5. The summed E-state index contributed by atoms with van der Waals surface area (Å²) < 4.78 is 21.9. The van der Waals surface area contributed by atoms with Crippen LogP contribution in [0.25, 0.3) is 0 Å². The Morgan fingerprint density at radius 1 is 1.23 bits per heavy atom. The summed E-state index contributed by atoms with van der Waals surface area (Å²) in [4.78, 5) is 14.1. The molecule has 1 atom stereocenters. The van der Waals surface area contributed by atoms with Crippen LogP contribution in [0.5, 0.6) is 0 Å². The van der Waals surface area contributed by atoms with Crippen molar-refractivity contribution in [2.45, 2.75) is 77.7 Å². The lowest BCUT2D eigenvalue weighted by molar-refractivity contribution is -0.0949. The van der Waals surface area contributed by atoms with Crippen molar-refractivity contribution >= 4 is 14.8 Å². The van der Waals surface area contributed by atoms with Gasteiger partial charge in [0.25, 0.3) is 0 Å². The van der Waals surface area contributed by atoms with Gasteiger partial charge < -0.3 is 14.6 Å². The Morgan fingerprint density at radius 2 is 1.77 bits per heavy atom. The van der Waals surface area contributed by atoms with Crippen molar-refractivity contribution < 1.29 is 18.6 Å². The molecule has 1 aliphatic heterocycles. The molecule has 1 rings (SSSR count). The Labute approximate surface area is 135 Å². The highest BCUT2D eigenvalue weighted by atomic mass is 31.1. The van der Waals surface area contributed by atoms with E-state index in [4.69, 9.17) is 9.26 Å². The minimum atomic E-state index is -1.22. The maximum absolute atomic E-state index is 11.8. The summed E-state index contributed by atoms with van der Waals surface area (Å²) in [5, 5.41) is 2.93. The van der Waals surface area contributed by atoms with E-state index in [1.165, 1.54) is 0 Å². The summed E-state index contributed by atoms with van der Waals surface area (Å²) in [6.45, 7) is 11.3. The van der Waals surface area contributed by atoms with Crippen LogP contribution >= 0.6 is 8.69 Å². The van der Waals surface area contributed by atoms with E-state index in [1.54, 1.807) is 0 Å². The average molecular weight is 334 g/mol. The molecule has 1 unspecified atom stereocenters. The SMILES string of the molecule is CCC(CC)(O[PH2]=O)N1CCC(NC(=O)OC(C)(C)C)CC1. The van der Waals surface area contributed by atoms with Gasteiger partial charge in [0, 0.05) is 19.1 Å². The van der Waals surface area contributed by atoms with Gasteiger partial charge >= 0.3 is 6.09 Å².